The molecule has 26 heavy (non-hydrogen) atoms. The maximum Gasteiger partial charge on any atom is 0.246 e. The fourth-order valence-corrected chi connectivity index (χ4v) is 2.68. The van der Waals surface area contributed by atoms with Gasteiger partial charge in [-0.25, -0.2) is 4.39 Å². The molecule has 0 fully saturated rings. The van der Waals surface area contributed by atoms with Gasteiger partial charge in [0.1, 0.15) is 5.82 Å². The van der Waals surface area contributed by atoms with E-state index in [1.54, 1.807) is 12.1 Å². The van der Waals surface area contributed by atoms with E-state index < -0.39 is 5.82 Å². The van der Waals surface area contributed by atoms with Crippen molar-refractivity contribution in [1.29, 1.82) is 0 Å². The molecule has 0 spiro atoms. The summed E-state index contributed by atoms with van der Waals surface area (Å²) < 4.78 is 14.4. The summed E-state index contributed by atoms with van der Waals surface area (Å²) in [5.41, 5.74) is 3.08. The largest absolute Gasteiger partial charge is 0.333 e. The molecular formula is C20H20BrFN2O2. The number of aryl methyl sites for hydroxylation is 1. The van der Waals surface area contributed by atoms with Crippen LogP contribution in [0.25, 0.3) is 6.08 Å². The number of halogens is 2. The van der Waals surface area contributed by atoms with Crippen LogP contribution in [0.4, 0.5) is 10.1 Å². The van der Waals surface area contributed by atoms with Gasteiger partial charge in [0.2, 0.25) is 11.8 Å². The Morgan fingerprint density at radius 2 is 1.96 bits per heavy atom. The maximum absolute atomic E-state index is 13.7. The fraction of sp³-hybridized carbons (Fsp3) is 0.200. The first-order valence-corrected chi connectivity index (χ1v) is 8.81. The summed E-state index contributed by atoms with van der Waals surface area (Å²) in [5, 5.41) is 2.80. The molecule has 2 aromatic carbocycles. The third kappa shape index (κ3) is 5.26. The minimum atomic E-state index is -0.424. The Morgan fingerprint density at radius 3 is 2.69 bits per heavy atom. The van der Waals surface area contributed by atoms with Gasteiger partial charge in [-0.3, -0.25) is 9.59 Å². The van der Waals surface area contributed by atoms with E-state index in [4.69, 9.17) is 0 Å². The molecule has 0 atom stereocenters. The van der Waals surface area contributed by atoms with Crippen molar-refractivity contribution in [2.75, 3.05) is 18.9 Å². The average Bonchev–Trinajstić information content (AvgIpc) is 2.59. The van der Waals surface area contributed by atoms with E-state index >= 15 is 0 Å². The van der Waals surface area contributed by atoms with Gasteiger partial charge in [0.15, 0.2) is 0 Å². The topological polar surface area (TPSA) is 49.4 Å². The Bertz CT molecular complexity index is 865. The van der Waals surface area contributed by atoms with Gasteiger partial charge in [-0.05, 0) is 55.3 Å². The van der Waals surface area contributed by atoms with Crippen LogP contribution < -0.4 is 5.32 Å². The van der Waals surface area contributed by atoms with Gasteiger partial charge in [-0.2, -0.15) is 0 Å². The highest BCUT2D eigenvalue weighted by Crippen LogP contribution is 2.18. The summed E-state index contributed by atoms with van der Waals surface area (Å²) in [5.74, 6) is -1.11. The van der Waals surface area contributed by atoms with E-state index in [-0.39, 0.29) is 18.4 Å². The molecule has 0 heterocycles. The van der Waals surface area contributed by atoms with Crippen molar-refractivity contribution in [3.8, 4) is 0 Å². The zero-order valence-corrected chi connectivity index (χ0v) is 16.4. The third-order valence-electron chi connectivity index (χ3n) is 4.00. The molecule has 2 rings (SSSR count). The second-order valence-electron chi connectivity index (χ2n) is 5.99. The summed E-state index contributed by atoms with van der Waals surface area (Å²) in [6.45, 7) is 3.79. The number of carbonyl (C=O) groups excluding carboxylic acids is 2. The second-order valence-corrected chi connectivity index (χ2v) is 6.90. The first-order chi connectivity index (χ1) is 12.3. The van der Waals surface area contributed by atoms with Crippen LogP contribution in [0.15, 0.2) is 46.9 Å². The fourth-order valence-electron chi connectivity index (χ4n) is 2.30. The molecule has 2 amide bonds. The number of nitrogens with one attached hydrogen (secondary N) is 1. The Kier molecular flexibility index (Phi) is 6.69. The number of likely N-dealkylation sites (N-methyl/N-ethyl adjacent to an activating group) is 1. The van der Waals surface area contributed by atoms with Gasteiger partial charge in [0.25, 0.3) is 0 Å². The van der Waals surface area contributed by atoms with E-state index in [0.717, 1.165) is 16.8 Å². The van der Waals surface area contributed by atoms with Crippen LogP contribution in [0, 0.1) is 19.7 Å². The van der Waals surface area contributed by atoms with Crippen molar-refractivity contribution in [3.63, 3.8) is 0 Å². The lowest BCUT2D eigenvalue weighted by Crippen LogP contribution is -2.34. The first kappa shape index (κ1) is 19.8. The molecule has 0 aliphatic heterocycles. The Morgan fingerprint density at radius 1 is 1.23 bits per heavy atom. The highest BCUT2D eigenvalue weighted by atomic mass is 79.9. The molecule has 0 saturated heterocycles. The smallest absolute Gasteiger partial charge is 0.246 e. The highest BCUT2D eigenvalue weighted by molar-refractivity contribution is 9.10. The van der Waals surface area contributed by atoms with Crippen molar-refractivity contribution in [1.82, 2.24) is 4.90 Å². The van der Waals surface area contributed by atoms with Crippen molar-refractivity contribution >= 4 is 39.5 Å². The van der Waals surface area contributed by atoms with Crippen molar-refractivity contribution < 1.29 is 14.0 Å². The number of hydrogen-bond acceptors (Lipinski definition) is 2. The van der Waals surface area contributed by atoms with Gasteiger partial charge < -0.3 is 10.2 Å². The zero-order valence-electron chi connectivity index (χ0n) is 14.8. The van der Waals surface area contributed by atoms with Crippen LogP contribution in [-0.4, -0.2) is 30.3 Å². The molecule has 0 bridgehead atoms. The number of anilines is 1. The Balaban J connectivity index is 1.98. The van der Waals surface area contributed by atoms with Crippen LogP contribution in [0.2, 0.25) is 0 Å². The minimum Gasteiger partial charge on any atom is -0.333 e. The van der Waals surface area contributed by atoms with E-state index in [2.05, 4.69) is 21.2 Å². The number of hydrogen-bond donors (Lipinski definition) is 1. The summed E-state index contributed by atoms with van der Waals surface area (Å²) in [7, 11) is 1.52. The van der Waals surface area contributed by atoms with Gasteiger partial charge in [-0.15, -0.1) is 0 Å². The summed E-state index contributed by atoms with van der Waals surface area (Å²) in [6.07, 6.45) is 2.64. The lowest BCUT2D eigenvalue weighted by Gasteiger charge is -2.16. The molecule has 0 aliphatic carbocycles. The van der Waals surface area contributed by atoms with Gasteiger partial charge in [0, 0.05) is 28.8 Å². The van der Waals surface area contributed by atoms with E-state index in [9.17, 15) is 14.0 Å². The van der Waals surface area contributed by atoms with Crippen molar-refractivity contribution in [2.45, 2.75) is 13.8 Å². The van der Waals surface area contributed by atoms with Crippen LogP contribution in [0.5, 0.6) is 0 Å². The standard InChI is InChI=1S/C20H20BrFN2O2/c1-13-5-4-6-18(14(13)2)23-19(25)12-24(3)20(26)10-7-15-11-16(21)8-9-17(15)22/h4-11H,12H2,1-3H3,(H,23,25)/b10-7+. The summed E-state index contributed by atoms with van der Waals surface area (Å²) >= 11 is 3.26. The van der Waals surface area contributed by atoms with Crippen LogP contribution >= 0.6 is 15.9 Å². The quantitative estimate of drug-likeness (QED) is 0.735. The Labute approximate surface area is 160 Å². The predicted molar refractivity (Wildman–Crippen MR) is 105 cm³/mol. The number of benzene rings is 2. The molecule has 0 aromatic heterocycles. The molecule has 4 nitrogen and oxygen atoms in total. The average molecular weight is 419 g/mol. The normalized spacial score (nSPS) is 10.8. The van der Waals surface area contributed by atoms with E-state index in [1.807, 2.05) is 32.0 Å². The van der Waals surface area contributed by atoms with E-state index in [1.165, 1.54) is 30.2 Å². The Hall–Kier alpha value is -2.47. The third-order valence-corrected chi connectivity index (χ3v) is 4.49. The minimum absolute atomic E-state index is 0.0997. The van der Waals surface area contributed by atoms with Gasteiger partial charge in [-0.1, -0.05) is 28.1 Å². The maximum atomic E-state index is 13.7. The molecular weight excluding hydrogens is 399 g/mol. The van der Waals surface area contributed by atoms with Gasteiger partial charge in [0.05, 0.1) is 6.54 Å². The first-order valence-electron chi connectivity index (χ1n) is 8.02. The summed E-state index contributed by atoms with van der Waals surface area (Å²) in [4.78, 5) is 25.6. The lowest BCUT2D eigenvalue weighted by atomic mass is 10.1. The molecule has 136 valence electrons. The molecule has 0 aliphatic rings. The number of nitrogens with zero attached hydrogens (tertiary/aromatic N) is 1. The molecule has 0 unspecified atom stereocenters. The predicted octanol–water partition coefficient (Wildman–Crippen LogP) is 4.32. The van der Waals surface area contributed by atoms with Crippen molar-refractivity contribution in [2.24, 2.45) is 0 Å². The van der Waals surface area contributed by atoms with Crippen LogP contribution in [0.1, 0.15) is 16.7 Å². The molecule has 0 saturated carbocycles. The number of amides is 2. The SMILES string of the molecule is Cc1cccc(NC(=O)CN(C)C(=O)/C=C/c2cc(Br)ccc2F)c1C. The number of rotatable bonds is 5. The number of carbonyl (C=O) groups is 2. The molecule has 1 N–H and O–H groups in total. The zero-order chi connectivity index (χ0) is 19.3. The van der Waals surface area contributed by atoms with Crippen LogP contribution in [0.3, 0.4) is 0 Å². The van der Waals surface area contributed by atoms with Crippen molar-refractivity contribution in [3.05, 3.63) is 69.5 Å². The summed E-state index contributed by atoms with van der Waals surface area (Å²) in [6, 6.07) is 10.1. The lowest BCUT2D eigenvalue weighted by molar-refractivity contribution is -0.129. The van der Waals surface area contributed by atoms with E-state index in [0.29, 0.717) is 10.0 Å². The van der Waals surface area contributed by atoms with Crippen LogP contribution in [-0.2, 0) is 9.59 Å². The van der Waals surface area contributed by atoms with Gasteiger partial charge >= 0.3 is 0 Å². The monoisotopic (exact) mass is 418 g/mol. The molecule has 6 heteroatoms. The highest BCUT2D eigenvalue weighted by Gasteiger charge is 2.12. The second kappa shape index (κ2) is 8.76. The molecule has 2 aromatic rings. The molecule has 0 radical (unpaired) electrons.